The Balaban J connectivity index is 2.23. The molecule has 1 heterocycles. The summed E-state index contributed by atoms with van der Waals surface area (Å²) < 4.78 is 24.1. The molecule has 2 aromatic rings. The first-order chi connectivity index (χ1) is 8.74. The van der Waals surface area contributed by atoms with Crippen LogP contribution in [0, 0.1) is 5.82 Å². The van der Waals surface area contributed by atoms with Gasteiger partial charge in [0, 0.05) is 19.0 Å². The van der Waals surface area contributed by atoms with Crippen LogP contribution in [0.4, 0.5) is 4.39 Å². The highest BCUT2D eigenvalue weighted by Crippen LogP contribution is 2.25. The molecule has 0 radical (unpaired) electrons. The molecule has 2 rings (SSSR count). The number of nitrogens with zero attached hydrogens (tertiary/aromatic N) is 2. The van der Waals surface area contributed by atoms with Crippen molar-refractivity contribution in [2.75, 3.05) is 20.7 Å². The normalized spacial score (nSPS) is 10.6. The zero-order valence-corrected chi connectivity index (χ0v) is 10.2. The van der Waals surface area contributed by atoms with Crippen molar-refractivity contribution in [1.82, 2.24) is 15.5 Å². The minimum Gasteiger partial charge on any atom is -0.497 e. The van der Waals surface area contributed by atoms with Gasteiger partial charge in [-0.15, -0.1) is 10.2 Å². The van der Waals surface area contributed by atoms with Gasteiger partial charge in [-0.2, -0.15) is 0 Å². The molecule has 0 aliphatic carbocycles. The number of benzene rings is 1. The lowest BCUT2D eigenvalue weighted by Gasteiger charge is -2.01. The largest absolute Gasteiger partial charge is 0.497 e. The summed E-state index contributed by atoms with van der Waals surface area (Å²) in [6.07, 6.45) is 0.612. The molecule has 1 N–H and O–H groups in total. The van der Waals surface area contributed by atoms with Gasteiger partial charge in [0.25, 0.3) is 5.89 Å². The van der Waals surface area contributed by atoms with Gasteiger partial charge in [-0.3, -0.25) is 0 Å². The molecule has 0 spiro atoms. The van der Waals surface area contributed by atoms with Crippen LogP contribution in [-0.4, -0.2) is 30.9 Å². The second-order valence-corrected chi connectivity index (χ2v) is 3.70. The van der Waals surface area contributed by atoms with Gasteiger partial charge in [-0.1, -0.05) is 0 Å². The van der Waals surface area contributed by atoms with Crippen LogP contribution in [0.2, 0.25) is 0 Å². The molecule has 0 unspecified atom stereocenters. The first-order valence-corrected chi connectivity index (χ1v) is 5.55. The number of ether oxygens (including phenoxy) is 1. The Hall–Kier alpha value is -1.95. The fourth-order valence-corrected chi connectivity index (χ4v) is 1.49. The van der Waals surface area contributed by atoms with E-state index in [0.717, 1.165) is 6.54 Å². The van der Waals surface area contributed by atoms with E-state index in [1.54, 1.807) is 12.1 Å². The summed E-state index contributed by atoms with van der Waals surface area (Å²) >= 11 is 0. The Bertz CT molecular complexity index is 528. The predicted octanol–water partition coefficient (Wildman–Crippen LogP) is 1.65. The van der Waals surface area contributed by atoms with Crippen LogP contribution in [0.1, 0.15) is 5.89 Å². The molecular formula is C12H14FN3O2. The molecule has 6 heteroatoms. The third kappa shape index (κ3) is 2.65. The first-order valence-electron chi connectivity index (χ1n) is 5.55. The van der Waals surface area contributed by atoms with Crippen molar-refractivity contribution < 1.29 is 13.5 Å². The van der Waals surface area contributed by atoms with Crippen LogP contribution in [0.3, 0.4) is 0 Å². The first kappa shape index (κ1) is 12.5. The number of hydrogen-bond donors (Lipinski definition) is 1. The second-order valence-electron chi connectivity index (χ2n) is 3.70. The minimum atomic E-state index is -0.446. The maximum atomic E-state index is 13.8. The lowest BCUT2D eigenvalue weighted by atomic mass is 10.2. The summed E-state index contributed by atoms with van der Waals surface area (Å²) in [6.45, 7) is 0.729. The summed E-state index contributed by atoms with van der Waals surface area (Å²) in [5, 5.41) is 10.7. The number of hydrogen-bond acceptors (Lipinski definition) is 5. The Labute approximate surface area is 104 Å². The van der Waals surface area contributed by atoms with Crippen LogP contribution in [-0.2, 0) is 6.42 Å². The molecule has 0 amide bonds. The summed E-state index contributed by atoms with van der Waals surface area (Å²) in [7, 11) is 3.32. The van der Waals surface area contributed by atoms with Crippen molar-refractivity contribution in [3.63, 3.8) is 0 Å². The number of halogens is 1. The van der Waals surface area contributed by atoms with Crippen molar-refractivity contribution in [3.05, 3.63) is 29.9 Å². The van der Waals surface area contributed by atoms with E-state index >= 15 is 0 Å². The average molecular weight is 251 g/mol. The van der Waals surface area contributed by atoms with E-state index in [2.05, 4.69) is 15.5 Å². The number of aromatic nitrogens is 2. The van der Waals surface area contributed by atoms with Gasteiger partial charge in [-0.05, 0) is 19.2 Å². The molecule has 1 aromatic carbocycles. The molecule has 0 saturated heterocycles. The predicted molar refractivity (Wildman–Crippen MR) is 63.9 cm³/mol. The van der Waals surface area contributed by atoms with Crippen LogP contribution >= 0.6 is 0 Å². The van der Waals surface area contributed by atoms with E-state index in [4.69, 9.17) is 9.15 Å². The third-order valence-electron chi connectivity index (χ3n) is 2.46. The molecule has 1 aromatic heterocycles. The standard InChI is InChI=1S/C12H14FN3O2/c1-14-6-5-11-15-16-12(18-11)9-4-3-8(17-2)7-10(9)13/h3-4,7,14H,5-6H2,1-2H3. The maximum absolute atomic E-state index is 13.8. The number of nitrogens with one attached hydrogen (secondary N) is 1. The second kappa shape index (κ2) is 5.59. The number of likely N-dealkylation sites (N-methyl/N-ethyl adjacent to an activating group) is 1. The molecule has 0 atom stereocenters. The van der Waals surface area contributed by atoms with Crippen molar-refractivity contribution >= 4 is 0 Å². The fraction of sp³-hybridized carbons (Fsp3) is 0.333. The van der Waals surface area contributed by atoms with Crippen molar-refractivity contribution in [2.45, 2.75) is 6.42 Å². The molecule has 0 saturated carbocycles. The minimum absolute atomic E-state index is 0.182. The van der Waals surface area contributed by atoms with Gasteiger partial charge in [-0.25, -0.2) is 4.39 Å². The van der Waals surface area contributed by atoms with Gasteiger partial charge in [0.15, 0.2) is 0 Å². The summed E-state index contributed by atoms with van der Waals surface area (Å²) in [4.78, 5) is 0. The SMILES string of the molecule is CNCCc1nnc(-c2ccc(OC)cc2F)o1. The van der Waals surface area contributed by atoms with Crippen LogP contribution < -0.4 is 10.1 Å². The van der Waals surface area contributed by atoms with E-state index in [1.807, 2.05) is 7.05 Å². The molecule has 0 bridgehead atoms. The third-order valence-corrected chi connectivity index (χ3v) is 2.46. The fourth-order valence-electron chi connectivity index (χ4n) is 1.49. The molecule has 18 heavy (non-hydrogen) atoms. The zero-order valence-electron chi connectivity index (χ0n) is 10.2. The molecule has 0 aliphatic rings. The van der Waals surface area contributed by atoms with Gasteiger partial charge >= 0.3 is 0 Å². The van der Waals surface area contributed by atoms with Crippen molar-refractivity contribution in [3.8, 4) is 17.2 Å². The summed E-state index contributed by atoms with van der Waals surface area (Å²) in [5.41, 5.74) is 0.277. The molecular weight excluding hydrogens is 237 g/mol. The van der Waals surface area contributed by atoms with E-state index in [-0.39, 0.29) is 11.5 Å². The molecule has 0 fully saturated rings. The van der Waals surface area contributed by atoms with Gasteiger partial charge in [0.1, 0.15) is 11.6 Å². The smallest absolute Gasteiger partial charge is 0.250 e. The van der Waals surface area contributed by atoms with Crippen LogP contribution in [0.25, 0.3) is 11.5 Å². The summed E-state index contributed by atoms with van der Waals surface area (Å²) in [5.74, 6) is 0.667. The topological polar surface area (TPSA) is 60.2 Å². The highest BCUT2D eigenvalue weighted by Gasteiger charge is 2.13. The van der Waals surface area contributed by atoms with Gasteiger partial charge in [0.05, 0.1) is 12.7 Å². The van der Waals surface area contributed by atoms with Crippen molar-refractivity contribution in [2.24, 2.45) is 0 Å². The highest BCUT2D eigenvalue weighted by molar-refractivity contribution is 5.55. The molecule has 0 aliphatic heterocycles. The zero-order chi connectivity index (χ0) is 13.0. The number of rotatable bonds is 5. The monoisotopic (exact) mass is 251 g/mol. The van der Waals surface area contributed by atoms with Gasteiger partial charge < -0.3 is 14.5 Å². The Morgan fingerprint density at radius 3 is 2.89 bits per heavy atom. The highest BCUT2D eigenvalue weighted by atomic mass is 19.1. The Morgan fingerprint density at radius 1 is 1.39 bits per heavy atom. The van der Waals surface area contributed by atoms with E-state index < -0.39 is 5.82 Å². The van der Waals surface area contributed by atoms with E-state index in [0.29, 0.717) is 18.1 Å². The van der Waals surface area contributed by atoms with Crippen LogP contribution in [0.15, 0.2) is 22.6 Å². The van der Waals surface area contributed by atoms with Gasteiger partial charge in [0.2, 0.25) is 5.89 Å². The Kier molecular flexibility index (Phi) is 3.88. The summed E-state index contributed by atoms with van der Waals surface area (Å²) in [6, 6.07) is 4.49. The van der Waals surface area contributed by atoms with Crippen LogP contribution in [0.5, 0.6) is 5.75 Å². The Morgan fingerprint density at radius 2 is 2.22 bits per heavy atom. The van der Waals surface area contributed by atoms with E-state index in [1.165, 1.54) is 13.2 Å². The van der Waals surface area contributed by atoms with E-state index in [9.17, 15) is 4.39 Å². The quantitative estimate of drug-likeness (QED) is 0.875. The number of methoxy groups -OCH3 is 1. The lowest BCUT2D eigenvalue weighted by molar-refractivity contribution is 0.411. The average Bonchev–Trinajstić information content (AvgIpc) is 2.84. The molecule has 96 valence electrons. The lowest BCUT2D eigenvalue weighted by Crippen LogP contribution is -2.10. The molecule has 5 nitrogen and oxygen atoms in total. The van der Waals surface area contributed by atoms with Crippen molar-refractivity contribution in [1.29, 1.82) is 0 Å². The maximum Gasteiger partial charge on any atom is 0.250 e.